The van der Waals surface area contributed by atoms with Crippen LogP contribution in [0.2, 0.25) is 0 Å². The van der Waals surface area contributed by atoms with Crippen LogP contribution in [0.1, 0.15) is 25.2 Å². The van der Waals surface area contributed by atoms with Crippen molar-refractivity contribution in [2.45, 2.75) is 31.6 Å². The molecule has 0 aliphatic rings. The van der Waals surface area contributed by atoms with Gasteiger partial charge in [-0.15, -0.1) is 10.2 Å². The number of anilines is 1. The van der Waals surface area contributed by atoms with Gasteiger partial charge in [0, 0.05) is 18.5 Å². The number of aromatic nitrogens is 4. The van der Waals surface area contributed by atoms with E-state index in [2.05, 4.69) is 24.9 Å². The standard InChI is InChI=1S/C12H15N5O3S/c1-3-8-9(4-2)15-16-12(14-8)17-21(19,20)11-7-13-6-5-10(11)18/h5-7H,3-4H2,1-2H3,(H,13,18)(H,14,16,17). The summed E-state index contributed by atoms with van der Waals surface area (Å²) in [6.45, 7) is 3.81. The number of hydrogen-bond donors (Lipinski definition) is 2. The number of aromatic amines is 1. The number of H-pyrrole nitrogens is 1. The second kappa shape index (κ2) is 6.00. The van der Waals surface area contributed by atoms with Crippen LogP contribution < -0.4 is 10.2 Å². The van der Waals surface area contributed by atoms with E-state index in [1.165, 1.54) is 6.20 Å². The smallest absolute Gasteiger partial charge is 0.269 e. The monoisotopic (exact) mass is 309 g/mol. The Morgan fingerprint density at radius 2 is 1.90 bits per heavy atom. The van der Waals surface area contributed by atoms with Crippen LogP contribution in [0.5, 0.6) is 0 Å². The minimum atomic E-state index is -4.05. The highest BCUT2D eigenvalue weighted by atomic mass is 32.2. The zero-order chi connectivity index (χ0) is 15.5. The molecule has 2 rings (SSSR count). The molecule has 0 amide bonds. The zero-order valence-corrected chi connectivity index (χ0v) is 12.4. The van der Waals surface area contributed by atoms with Gasteiger partial charge in [-0.2, -0.15) is 0 Å². The molecular formula is C12H15N5O3S. The van der Waals surface area contributed by atoms with Gasteiger partial charge in [0.25, 0.3) is 16.0 Å². The molecule has 9 heteroatoms. The van der Waals surface area contributed by atoms with Gasteiger partial charge in [-0.25, -0.2) is 18.1 Å². The topological polar surface area (TPSA) is 118 Å². The second-order valence-corrected chi connectivity index (χ2v) is 5.87. The molecule has 0 bridgehead atoms. The Morgan fingerprint density at radius 1 is 1.19 bits per heavy atom. The maximum Gasteiger partial charge on any atom is 0.269 e. The molecule has 112 valence electrons. The molecule has 2 heterocycles. The Labute approximate surface area is 121 Å². The Bertz CT molecular complexity index is 801. The summed E-state index contributed by atoms with van der Waals surface area (Å²) in [4.78, 5) is 17.9. The molecule has 2 N–H and O–H groups in total. The molecule has 0 unspecified atom stereocenters. The summed E-state index contributed by atoms with van der Waals surface area (Å²) in [5, 5.41) is 7.68. The number of nitrogens with zero attached hydrogens (tertiary/aromatic N) is 3. The summed E-state index contributed by atoms with van der Waals surface area (Å²) < 4.78 is 26.4. The second-order valence-electron chi connectivity index (χ2n) is 4.21. The van der Waals surface area contributed by atoms with E-state index < -0.39 is 20.3 Å². The Kier molecular flexibility index (Phi) is 4.32. The number of pyridine rings is 1. The van der Waals surface area contributed by atoms with Crippen LogP contribution in [0.25, 0.3) is 0 Å². The van der Waals surface area contributed by atoms with Crippen molar-refractivity contribution in [3.8, 4) is 0 Å². The molecule has 0 aliphatic heterocycles. The third kappa shape index (κ3) is 3.24. The van der Waals surface area contributed by atoms with Crippen LogP contribution in [0.15, 0.2) is 28.2 Å². The molecule has 0 saturated carbocycles. The fourth-order valence-electron chi connectivity index (χ4n) is 1.77. The summed E-state index contributed by atoms with van der Waals surface area (Å²) in [6.07, 6.45) is 3.73. The summed E-state index contributed by atoms with van der Waals surface area (Å²) in [6, 6.07) is 1.13. The van der Waals surface area contributed by atoms with E-state index in [1.807, 2.05) is 13.8 Å². The summed E-state index contributed by atoms with van der Waals surface area (Å²) in [7, 11) is -4.05. The predicted octanol–water partition coefficient (Wildman–Crippen LogP) is 0.485. The molecule has 2 aromatic heterocycles. The molecule has 0 fully saturated rings. The quantitative estimate of drug-likeness (QED) is 0.829. The summed E-state index contributed by atoms with van der Waals surface area (Å²) in [5.41, 5.74) is 0.778. The Balaban J connectivity index is 2.38. The number of rotatable bonds is 5. The molecule has 21 heavy (non-hydrogen) atoms. The molecule has 0 aromatic carbocycles. The van der Waals surface area contributed by atoms with Gasteiger partial charge in [-0.05, 0) is 12.8 Å². The Hall–Kier alpha value is -2.29. The van der Waals surface area contributed by atoms with E-state index in [0.29, 0.717) is 18.5 Å². The van der Waals surface area contributed by atoms with E-state index >= 15 is 0 Å². The molecule has 8 nitrogen and oxygen atoms in total. The lowest BCUT2D eigenvalue weighted by atomic mass is 10.2. The fourth-order valence-corrected chi connectivity index (χ4v) is 2.76. The minimum absolute atomic E-state index is 0.146. The summed E-state index contributed by atoms with van der Waals surface area (Å²) in [5.74, 6) is -0.146. The SMILES string of the molecule is CCc1nnc(NS(=O)(=O)c2c[nH]ccc2=O)nc1CC. The van der Waals surface area contributed by atoms with Crippen LogP contribution in [0, 0.1) is 0 Å². The van der Waals surface area contributed by atoms with Crippen molar-refractivity contribution >= 4 is 16.0 Å². The van der Waals surface area contributed by atoms with Crippen molar-refractivity contribution in [2.24, 2.45) is 0 Å². The lowest BCUT2D eigenvalue weighted by Crippen LogP contribution is -2.22. The minimum Gasteiger partial charge on any atom is -0.366 e. The highest BCUT2D eigenvalue weighted by molar-refractivity contribution is 7.92. The van der Waals surface area contributed by atoms with Crippen molar-refractivity contribution in [1.82, 2.24) is 20.2 Å². The highest BCUT2D eigenvalue weighted by Crippen LogP contribution is 2.10. The molecule has 2 aromatic rings. The van der Waals surface area contributed by atoms with Crippen LogP contribution >= 0.6 is 0 Å². The van der Waals surface area contributed by atoms with Gasteiger partial charge in [0.2, 0.25) is 5.43 Å². The first kappa shape index (κ1) is 15.1. The van der Waals surface area contributed by atoms with Crippen molar-refractivity contribution in [2.75, 3.05) is 4.72 Å². The first-order chi connectivity index (χ1) is 9.97. The van der Waals surface area contributed by atoms with Gasteiger partial charge in [0.15, 0.2) is 4.90 Å². The average Bonchev–Trinajstić information content (AvgIpc) is 2.47. The van der Waals surface area contributed by atoms with Gasteiger partial charge in [-0.3, -0.25) is 4.79 Å². The van der Waals surface area contributed by atoms with Crippen molar-refractivity contribution in [3.05, 3.63) is 40.1 Å². The van der Waals surface area contributed by atoms with Crippen LogP contribution in [0.3, 0.4) is 0 Å². The fraction of sp³-hybridized carbons (Fsp3) is 0.333. The summed E-state index contributed by atoms with van der Waals surface area (Å²) >= 11 is 0. The number of nitrogens with one attached hydrogen (secondary N) is 2. The van der Waals surface area contributed by atoms with E-state index in [1.54, 1.807) is 0 Å². The van der Waals surface area contributed by atoms with Crippen LogP contribution in [0.4, 0.5) is 5.95 Å². The van der Waals surface area contributed by atoms with Crippen LogP contribution in [-0.2, 0) is 22.9 Å². The Morgan fingerprint density at radius 3 is 2.52 bits per heavy atom. The van der Waals surface area contributed by atoms with E-state index in [4.69, 9.17) is 0 Å². The molecule has 0 aliphatic carbocycles. The maximum atomic E-state index is 12.1. The molecule has 0 radical (unpaired) electrons. The van der Waals surface area contributed by atoms with E-state index in [0.717, 1.165) is 18.0 Å². The number of sulfonamides is 1. The van der Waals surface area contributed by atoms with E-state index in [9.17, 15) is 13.2 Å². The lowest BCUT2D eigenvalue weighted by Gasteiger charge is -2.08. The average molecular weight is 309 g/mol. The maximum absolute atomic E-state index is 12.1. The zero-order valence-electron chi connectivity index (χ0n) is 11.6. The van der Waals surface area contributed by atoms with Gasteiger partial charge in [0.05, 0.1) is 11.4 Å². The molecular weight excluding hydrogens is 294 g/mol. The third-order valence-corrected chi connectivity index (χ3v) is 4.16. The van der Waals surface area contributed by atoms with Crippen LogP contribution in [-0.4, -0.2) is 28.6 Å². The molecule has 0 saturated heterocycles. The van der Waals surface area contributed by atoms with Gasteiger partial charge in [-0.1, -0.05) is 13.8 Å². The third-order valence-electron chi connectivity index (χ3n) is 2.81. The molecule has 0 atom stereocenters. The lowest BCUT2D eigenvalue weighted by molar-refractivity contribution is 0.599. The normalized spacial score (nSPS) is 11.3. The number of hydrogen-bond acceptors (Lipinski definition) is 6. The van der Waals surface area contributed by atoms with Crippen molar-refractivity contribution in [1.29, 1.82) is 0 Å². The highest BCUT2D eigenvalue weighted by Gasteiger charge is 2.20. The number of aryl methyl sites for hydroxylation is 2. The van der Waals surface area contributed by atoms with Crippen molar-refractivity contribution < 1.29 is 8.42 Å². The first-order valence-electron chi connectivity index (χ1n) is 6.40. The first-order valence-corrected chi connectivity index (χ1v) is 7.88. The van der Waals surface area contributed by atoms with Gasteiger partial charge in [0.1, 0.15) is 0 Å². The molecule has 0 spiro atoms. The predicted molar refractivity (Wildman–Crippen MR) is 76.5 cm³/mol. The van der Waals surface area contributed by atoms with Gasteiger partial charge >= 0.3 is 0 Å². The van der Waals surface area contributed by atoms with Gasteiger partial charge < -0.3 is 4.98 Å². The van der Waals surface area contributed by atoms with E-state index in [-0.39, 0.29) is 5.95 Å². The largest absolute Gasteiger partial charge is 0.366 e. The van der Waals surface area contributed by atoms with Crippen molar-refractivity contribution in [3.63, 3.8) is 0 Å².